The minimum atomic E-state index is -3.41. The van der Waals surface area contributed by atoms with Gasteiger partial charge in [-0.3, -0.25) is 14.6 Å². The van der Waals surface area contributed by atoms with E-state index in [-0.39, 0.29) is 10.8 Å². The van der Waals surface area contributed by atoms with Crippen LogP contribution >= 0.6 is 11.3 Å². The van der Waals surface area contributed by atoms with E-state index in [0.29, 0.717) is 37.0 Å². The first kappa shape index (κ1) is 22.8. The molecule has 1 fully saturated rings. The third-order valence-electron chi connectivity index (χ3n) is 5.58. The highest BCUT2D eigenvalue weighted by Gasteiger charge is 2.24. The Bertz CT molecular complexity index is 1220. The normalized spacial score (nSPS) is 15.2. The summed E-state index contributed by atoms with van der Waals surface area (Å²) in [5.74, 6) is -0.251. The Morgan fingerprint density at radius 2 is 1.97 bits per heavy atom. The Kier molecular flexibility index (Phi) is 6.90. The van der Waals surface area contributed by atoms with E-state index in [4.69, 9.17) is 9.72 Å². The number of aromatic nitrogens is 1. The first-order chi connectivity index (χ1) is 15.3. The lowest BCUT2D eigenvalue weighted by molar-refractivity contribution is 0.0391. The quantitative estimate of drug-likeness (QED) is 0.524. The van der Waals surface area contributed by atoms with Crippen LogP contribution < -0.4 is 4.90 Å². The number of benzene rings is 2. The van der Waals surface area contributed by atoms with E-state index in [9.17, 15) is 13.2 Å². The van der Waals surface area contributed by atoms with Gasteiger partial charge in [-0.1, -0.05) is 30.4 Å². The number of hydrogen-bond acceptors (Lipinski definition) is 7. The van der Waals surface area contributed by atoms with E-state index in [1.807, 2.05) is 6.07 Å². The van der Waals surface area contributed by atoms with Crippen molar-refractivity contribution < 1.29 is 17.9 Å². The fourth-order valence-corrected chi connectivity index (χ4v) is 5.38. The second-order valence-corrected chi connectivity index (χ2v) is 10.9. The van der Waals surface area contributed by atoms with Crippen LogP contribution in [0.15, 0.2) is 47.4 Å². The third kappa shape index (κ3) is 5.17. The van der Waals surface area contributed by atoms with E-state index in [1.54, 1.807) is 17.0 Å². The number of fused-ring (bicyclic) bond motifs is 1. The molecule has 4 rings (SSSR count). The van der Waals surface area contributed by atoms with Crippen LogP contribution in [0, 0.1) is 0 Å². The van der Waals surface area contributed by atoms with Crippen molar-refractivity contribution in [2.24, 2.45) is 0 Å². The number of morpholine rings is 1. The molecule has 1 saturated heterocycles. The highest BCUT2D eigenvalue weighted by Crippen LogP contribution is 2.31. The molecule has 32 heavy (non-hydrogen) atoms. The van der Waals surface area contributed by atoms with Gasteiger partial charge in [-0.15, -0.1) is 0 Å². The molecule has 1 aromatic heterocycles. The van der Waals surface area contributed by atoms with Crippen molar-refractivity contribution in [3.05, 3.63) is 53.6 Å². The van der Waals surface area contributed by atoms with Crippen molar-refractivity contribution in [3.8, 4) is 0 Å². The van der Waals surface area contributed by atoms with E-state index in [2.05, 4.69) is 24.0 Å². The molecule has 3 aromatic rings. The predicted octanol–water partition coefficient (Wildman–Crippen LogP) is 3.24. The van der Waals surface area contributed by atoms with Gasteiger partial charge in [0.15, 0.2) is 15.0 Å². The average molecular weight is 474 g/mol. The molecule has 0 aliphatic carbocycles. The molecule has 1 aliphatic rings. The zero-order valence-electron chi connectivity index (χ0n) is 18.3. The topological polar surface area (TPSA) is 79.8 Å². The summed E-state index contributed by atoms with van der Waals surface area (Å²) in [6, 6.07) is 12.4. The SMILES string of the molecule is CCc1ccc2nc(N(CCN3CCOCC3)C(=O)c3cccc(S(C)(=O)=O)c3)sc2c1. The molecule has 170 valence electrons. The maximum atomic E-state index is 13.6. The largest absolute Gasteiger partial charge is 0.379 e. The number of carbonyl (C=O) groups is 1. The molecule has 0 bridgehead atoms. The summed E-state index contributed by atoms with van der Waals surface area (Å²) in [6.45, 7) is 6.28. The first-order valence-corrected chi connectivity index (χ1v) is 13.4. The Balaban J connectivity index is 1.67. The monoisotopic (exact) mass is 473 g/mol. The second-order valence-electron chi connectivity index (χ2n) is 7.86. The van der Waals surface area contributed by atoms with Crippen LogP contribution in [-0.4, -0.2) is 69.9 Å². The Labute approximate surface area is 192 Å². The van der Waals surface area contributed by atoms with Crippen LogP contribution in [0.1, 0.15) is 22.8 Å². The molecule has 0 spiro atoms. The average Bonchev–Trinajstić information content (AvgIpc) is 3.22. The minimum Gasteiger partial charge on any atom is -0.379 e. The fourth-order valence-electron chi connectivity index (χ4n) is 3.66. The number of thiazole rings is 1. The number of nitrogens with zero attached hydrogens (tertiary/aromatic N) is 3. The van der Waals surface area contributed by atoms with Gasteiger partial charge in [-0.2, -0.15) is 0 Å². The van der Waals surface area contributed by atoms with Crippen LogP contribution in [0.4, 0.5) is 5.13 Å². The van der Waals surface area contributed by atoms with Crippen molar-refractivity contribution in [2.75, 3.05) is 50.5 Å². The van der Waals surface area contributed by atoms with Gasteiger partial charge >= 0.3 is 0 Å². The first-order valence-electron chi connectivity index (χ1n) is 10.7. The number of rotatable bonds is 7. The lowest BCUT2D eigenvalue weighted by Crippen LogP contribution is -2.43. The Morgan fingerprint density at radius 3 is 2.69 bits per heavy atom. The molecule has 2 aromatic carbocycles. The second kappa shape index (κ2) is 9.66. The number of aryl methyl sites for hydroxylation is 1. The zero-order valence-corrected chi connectivity index (χ0v) is 19.9. The van der Waals surface area contributed by atoms with Gasteiger partial charge in [0.05, 0.1) is 28.3 Å². The van der Waals surface area contributed by atoms with Gasteiger partial charge in [-0.25, -0.2) is 13.4 Å². The van der Waals surface area contributed by atoms with Crippen molar-refractivity contribution >= 4 is 42.4 Å². The van der Waals surface area contributed by atoms with Gasteiger partial charge in [0, 0.05) is 38.0 Å². The maximum absolute atomic E-state index is 13.6. The van der Waals surface area contributed by atoms with E-state index >= 15 is 0 Å². The molecule has 9 heteroatoms. The zero-order chi connectivity index (χ0) is 22.7. The Hall–Kier alpha value is -2.33. The fraction of sp³-hybridized carbons (Fsp3) is 0.391. The summed E-state index contributed by atoms with van der Waals surface area (Å²) in [6.07, 6.45) is 2.08. The molecule has 0 radical (unpaired) electrons. The summed E-state index contributed by atoms with van der Waals surface area (Å²) in [4.78, 5) is 22.4. The summed E-state index contributed by atoms with van der Waals surface area (Å²) in [7, 11) is -3.41. The number of amides is 1. The van der Waals surface area contributed by atoms with E-state index < -0.39 is 9.84 Å². The molecule has 0 N–H and O–H groups in total. The number of carbonyl (C=O) groups excluding carboxylic acids is 1. The molecular weight excluding hydrogens is 446 g/mol. The maximum Gasteiger partial charge on any atom is 0.260 e. The van der Waals surface area contributed by atoms with Gasteiger partial charge in [0.2, 0.25) is 0 Å². The molecule has 0 unspecified atom stereocenters. The summed E-state index contributed by atoms with van der Waals surface area (Å²) in [5.41, 5.74) is 2.42. The van der Waals surface area contributed by atoms with Crippen LogP contribution in [0.2, 0.25) is 0 Å². The van der Waals surface area contributed by atoms with Crippen molar-refractivity contribution in [1.82, 2.24) is 9.88 Å². The van der Waals surface area contributed by atoms with Gasteiger partial charge in [-0.05, 0) is 42.3 Å². The number of sulfone groups is 1. The van der Waals surface area contributed by atoms with Crippen molar-refractivity contribution in [3.63, 3.8) is 0 Å². The lowest BCUT2D eigenvalue weighted by Gasteiger charge is -2.29. The van der Waals surface area contributed by atoms with Crippen LogP contribution in [0.3, 0.4) is 0 Å². The molecule has 1 aliphatic heterocycles. The summed E-state index contributed by atoms with van der Waals surface area (Å²) < 4.78 is 30.5. The molecule has 0 saturated carbocycles. The standard InChI is InChI=1S/C23H27N3O4S2/c1-3-17-7-8-20-21(15-17)31-23(24-20)26(10-9-25-11-13-30-14-12-25)22(27)18-5-4-6-19(16-18)32(2,28)29/h4-8,15-16H,3,9-14H2,1-2H3. The van der Waals surface area contributed by atoms with Crippen LogP contribution in [0.25, 0.3) is 10.2 Å². The molecular formula is C23H27N3O4S2. The van der Waals surface area contributed by atoms with E-state index in [0.717, 1.165) is 36.0 Å². The lowest BCUT2D eigenvalue weighted by atomic mass is 10.2. The molecule has 2 heterocycles. The minimum absolute atomic E-state index is 0.133. The smallest absolute Gasteiger partial charge is 0.260 e. The number of anilines is 1. The highest BCUT2D eigenvalue weighted by atomic mass is 32.2. The molecule has 1 amide bonds. The molecule has 0 atom stereocenters. The summed E-state index contributed by atoms with van der Waals surface area (Å²) >= 11 is 1.49. The van der Waals surface area contributed by atoms with E-state index in [1.165, 1.54) is 29.0 Å². The number of hydrogen-bond donors (Lipinski definition) is 0. The predicted molar refractivity (Wildman–Crippen MR) is 127 cm³/mol. The van der Waals surface area contributed by atoms with Gasteiger partial charge < -0.3 is 4.74 Å². The van der Waals surface area contributed by atoms with Crippen molar-refractivity contribution in [2.45, 2.75) is 18.2 Å². The highest BCUT2D eigenvalue weighted by molar-refractivity contribution is 7.90. The van der Waals surface area contributed by atoms with Gasteiger partial charge in [0.1, 0.15) is 0 Å². The third-order valence-corrected chi connectivity index (χ3v) is 7.73. The van der Waals surface area contributed by atoms with Crippen LogP contribution in [0.5, 0.6) is 0 Å². The van der Waals surface area contributed by atoms with Crippen molar-refractivity contribution in [1.29, 1.82) is 0 Å². The molecule has 7 nitrogen and oxygen atoms in total. The number of ether oxygens (including phenoxy) is 1. The van der Waals surface area contributed by atoms with Gasteiger partial charge in [0.25, 0.3) is 5.91 Å². The van der Waals surface area contributed by atoms with Crippen LogP contribution in [-0.2, 0) is 21.0 Å². The summed E-state index contributed by atoms with van der Waals surface area (Å²) in [5, 5.41) is 0.622. The Morgan fingerprint density at radius 1 is 1.19 bits per heavy atom.